The van der Waals surface area contributed by atoms with Gasteiger partial charge in [-0.3, -0.25) is 10.3 Å². The van der Waals surface area contributed by atoms with Crippen LogP contribution in [-0.2, 0) is 0 Å². The Morgan fingerprint density at radius 2 is 2.33 bits per heavy atom. The number of nitrogens with one attached hydrogen (secondary N) is 1. The average Bonchev–Trinajstić information content (AvgIpc) is 2.49. The molecule has 5 nitrogen and oxygen atoms in total. The third-order valence-electron chi connectivity index (χ3n) is 1.66. The lowest BCUT2D eigenvalue weighted by molar-refractivity contribution is 0.297. The summed E-state index contributed by atoms with van der Waals surface area (Å²) >= 11 is 0. The topological polar surface area (TPSA) is 75.2 Å². The molecule has 5 heteroatoms. The Labute approximate surface area is 67.8 Å². The van der Waals surface area contributed by atoms with E-state index < -0.39 is 0 Å². The van der Waals surface area contributed by atoms with Crippen LogP contribution in [0, 0.1) is 5.21 Å². The van der Waals surface area contributed by atoms with Crippen LogP contribution in [0.5, 0.6) is 0 Å². The Morgan fingerprint density at radius 1 is 1.50 bits per heavy atom. The third-order valence-corrected chi connectivity index (χ3v) is 1.66. The predicted octanol–water partition coefficient (Wildman–Crippen LogP) is 1.26. The largest absolute Gasteiger partial charge is 0.733 e. The summed E-state index contributed by atoms with van der Waals surface area (Å²) in [6.07, 6.45) is 1.59. The lowest BCUT2D eigenvalue weighted by Gasteiger charge is -2.21. The highest BCUT2D eigenvalue weighted by atomic mass is 16.8. The summed E-state index contributed by atoms with van der Waals surface area (Å²) in [6, 6.07) is 4.98. The smallest absolute Gasteiger partial charge is 0.0897 e. The van der Waals surface area contributed by atoms with Crippen molar-refractivity contribution < 1.29 is 5.21 Å². The standard InChI is InChI=1S/C7H6N3O2/c11-10(12)6-3-1-2-5-4-8-9-7(5)6/h1-4,11H,(H,8,9)/q-1. The third kappa shape index (κ3) is 0.919. The number of para-hydroxylation sites is 1. The van der Waals surface area contributed by atoms with Crippen LogP contribution < -0.4 is 5.23 Å². The molecular formula is C7H6N3O2-. The van der Waals surface area contributed by atoms with E-state index in [1.807, 2.05) is 0 Å². The normalized spacial score (nSPS) is 10.5. The van der Waals surface area contributed by atoms with E-state index >= 15 is 0 Å². The summed E-state index contributed by atoms with van der Waals surface area (Å²) in [5, 5.41) is 26.2. The first kappa shape index (κ1) is 7.08. The number of aromatic nitrogens is 2. The molecule has 62 valence electrons. The molecule has 0 spiro atoms. The Hall–Kier alpha value is -1.59. The summed E-state index contributed by atoms with van der Waals surface area (Å²) in [5.74, 6) is 0. The van der Waals surface area contributed by atoms with Gasteiger partial charge in [-0.1, -0.05) is 12.1 Å². The Morgan fingerprint density at radius 3 is 3.08 bits per heavy atom. The number of benzene rings is 1. The van der Waals surface area contributed by atoms with E-state index in [1.54, 1.807) is 18.3 Å². The van der Waals surface area contributed by atoms with Crippen LogP contribution >= 0.6 is 0 Å². The first-order valence-electron chi connectivity index (χ1n) is 3.37. The van der Waals surface area contributed by atoms with Crippen molar-refractivity contribution in [1.29, 1.82) is 0 Å². The highest BCUT2D eigenvalue weighted by Gasteiger charge is 2.01. The molecule has 0 fully saturated rings. The molecule has 0 saturated carbocycles. The van der Waals surface area contributed by atoms with Crippen molar-refractivity contribution in [1.82, 2.24) is 10.2 Å². The van der Waals surface area contributed by atoms with Crippen LogP contribution in [0.2, 0.25) is 0 Å². The average molecular weight is 164 g/mol. The van der Waals surface area contributed by atoms with E-state index in [1.165, 1.54) is 6.07 Å². The van der Waals surface area contributed by atoms with Crippen LogP contribution in [0.15, 0.2) is 24.4 Å². The second kappa shape index (κ2) is 2.47. The van der Waals surface area contributed by atoms with E-state index in [9.17, 15) is 5.21 Å². The van der Waals surface area contributed by atoms with E-state index in [-0.39, 0.29) is 10.9 Å². The van der Waals surface area contributed by atoms with Crippen molar-refractivity contribution >= 4 is 16.6 Å². The molecule has 0 saturated heterocycles. The van der Waals surface area contributed by atoms with E-state index in [0.29, 0.717) is 5.52 Å². The molecule has 2 N–H and O–H groups in total. The van der Waals surface area contributed by atoms with Crippen LogP contribution in [0.25, 0.3) is 10.9 Å². The second-order valence-electron chi connectivity index (χ2n) is 2.38. The molecule has 0 aliphatic heterocycles. The summed E-state index contributed by atoms with van der Waals surface area (Å²) < 4.78 is 0. The van der Waals surface area contributed by atoms with Gasteiger partial charge in [0.25, 0.3) is 0 Å². The van der Waals surface area contributed by atoms with Crippen molar-refractivity contribution in [2.45, 2.75) is 0 Å². The Bertz CT molecular complexity index is 396. The Balaban J connectivity index is 2.73. The van der Waals surface area contributed by atoms with E-state index in [0.717, 1.165) is 5.39 Å². The number of nitrogens with zero attached hydrogens (tertiary/aromatic N) is 2. The maximum absolute atomic E-state index is 10.6. The molecule has 2 rings (SSSR count). The van der Waals surface area contributed by atoms with Crippen molar-refractivity contribution in [2.75, 3.05) is 5.23 Å². The predicted molar refractivity (Wildman–Crippen MR) is 43.7 cm³/mol. The zero-order chi connectivity index (χ0) is 8.55. The fourth-order valence-electron chi connectivity index (χ4n) is 1.11. The van der Waals surface area contributed by atoms with Gasteiger partial charge in [0.2, 0.25) is 0 Å². The first-order valence-corrected chi connectivity index (χ1v) is 3.37. The number of hydrogen-bond acceptors (Lipinski definition) is 4. The SMILES string of the molecule is [O-]N(O)c1cccc2cn[nH]c12. The van der Waals surface area contributed by atoms with E-state index in [4.69, 9.17) is 5.21 Å². The summed E-state index contributed by atoms with van der Waals surface area (Å²) in [7, 11) is 0. The molecule has 0 bridgehead atoms. The first-order chi connectivity index (χ1) is 5.79. The van der Waals surface area contributed by atoms with Crippen LogP contribution in [-0.4, -0.2) is 15.4 Å². The van der Waals surface area contributed by atoms with Crippen LogP contribution in [0.1, 0.15) is 0 Å². The fourth-order valence-corrected chi connectivity index (χ4v) is 1.11. The molecular weight excluding hydrogens is 158 g/mol. The highest BCUT2D eigenvalue weighted by Crippen LogP contribution is 2.22. The fraction of sp³-hybridized carbons (Fsp3) is 0. The van der Waals surface area contributed by atoms with Crippen LogP contribution in [0.4, 0.5) is 5.69 Å². The molecule has 0 atom stereocenters. The zero-order valence-corrected chi connectivity index (χ0v) is 6.06. The van der Waals surface area contributed by atoms with Crippen molar-refractivity contribution in [2.24, 2.45) is 0 Å². The van der Waals surface area contributed by atoms with Crippen molar-refractivity contribution in [3.8, 4) is 0 Å². The van der Waals surface area contributed by atoms with Gasteiger partial charge in [0.05, 0.1) is 17.4 Å². The van der Waals surface area contributed by atoms with Gasteiger partial charge in [0, 0.05) is 5.39 Å². The van der Waals surface area contributed by atoms with Gasteiger partial charge in [-0.15, -0.1) is 0 Å². The minimum absolute atomic E-state index is 0.171. The van der Waals surface area contributed by atoms with Gasteiger partial charge in [-0.25, -0.2) is 0 Å². The van der Waals surface area contributed by atoms with Gasteiger partial charge < -0.3 is 10.4 Å². The molecule has 0 amide bonds. The lowest BCUT2D eigenvalue weighted by atomic mass is 10.2. The van der Waals surface area contributed by atoms with Crippen molar-refractivity contribution in [3.63, 3.8) is 0 Å². The molecule has 0 aliphatic carbocycles. The van der Waals surface area contributed by atoms with Gasteiger partial charge in [-0.2, -0.15) is 5.10 Å². The molecule has 0 aliphatic rings. The van der Waals surface area contributed by atoms with Gasteiger partial charge in [0.1, 0.15) is 0 Å². The molecule has 0 radical (unpaired) electrons. The number of anilines is 1. The highest BCUT2D eigenvalue weighted by molar-refractivity contribution is 5.90. The maximum Gasteiger partial charge on any atom is 0.0897 e. The number of hydrogen-bond donors (Lipinski definition) is 2. The molecule has 1 heterocycles. The minimum Gasteiger partial charge on any atom is -0.733 e. The second-order valence-corrected chi connectivity index (χ2v) is 2.38. The summed E-state index contributed by atoms with van der Waals surface area (Å²) in [6.45, 7) is 0. The summed E-state index contributed by atoms with van der Waals surface area (Å²) in [4.78, 5) is 0. The van der Waals surface area contributed by atoms with Crippen LogP contribution in [0.3, 0.4) is 0 Å². The zero-order valence-electron chi connectivity index (χ0n) is 6.06. The number of aromatic amines is 1. The van der Waals surface area contributed by atoms with Gasteiger partial charge >= 0.3 is 0 Å². The quantitative estimate of drug-likeness (QED) is 0.622. The monoisotopic (exact) mass is 164 g/mol. The van der Waals surface area contributed by atoms with E-state index in [2.05, 4.69) is 10.2 Å². The number of fused-ring (bicyclic) bond motifs is 1. The number of rotatable bonds is 1. The molecule has 0 unspecified atom stereocenters. The molecule has 2 aromatic rings. The number of H-pyrrole nitrogens is 1. The molecule has 12 heavy (non-hydrogen) atoms. The minimum atomic E-state index is -0.180. The Kier molecular flexibility index (Phi) is 1.46. The maximum atomic E-state index is 10.6. The van der Waals surface area contributed by atoms with Gasteiger partial charge in [-0.05, 0) is 6.07 Å². The summed E-state index contributed by atoms with van der Waals surface area (Å²) in [5.41, 5.74) is 0.708. The molecule has 1 aromatic heterocycles. The lowest BCUT2D eigenvalue weighted by Crippen LogP contribution is -2.07. The van der Waals surface area contributed by atoms with Gasteiger partial charge in [0.15, 0.2) is 0 Å². The molecule has 1 aromatic carbocycles. The van der Waals surface area contributed by atoms with Crippen molar-refractivity contribution in [3.05, 3.63) is 29.6 Å².